The molecule has 1 aliphatic heterocycles. The molecule has 134 valence electrons. The third-order valence-electron chi connectivity index (χ3n) is 4.29. The Morgan fingerprint density at radius 3 is 2.56 bits per heavy atom. The monoisotopic (exact) mass is 360 g/mol. The molecule has 1 aliphatic rings. The maximum Gasteiger partial charge on any atom is 0.209 e. The van der Waals surface area contributed by atoms with Crippen LogP contribution in [0.1, 0.15) is 29.7 Å². The van der Waals surface area contributed by atoms with Crippen LogP contribution in [0.5, 0.6) is 5.75 Å². The second kappa shape index (κ2) is 7.56. The molecule has 0 aromatic heterocycles. The van der Waals surface area contributed by atoms with Crippen LogP contribution in [0.4, 0.5) is 0 Å². The van der Waals surface area contributed by atoms with Crippen LogP contribution in [-0.2, 0) is 23.0 Å². The molecular formula is C19H24N2O3S. The summed E-state index contributed by atoms with van der Waals surface area (Å²) in [5.74, 6) is 0.992. The number of sulfonamides is 1. The van der Waals surface area contributed by atoms with E-state index in [4.69, 9.17) is 4.74 Å². The van der Waals surface area contributed by atoms with Gasteiger partial charge in [-0.3, -0.25) is 0 Å². The van der Waals surface area contributed by atoms with Gasteiger partial charge in [-0.15, -0.1) is 0 Å². The first-order valence-electron chi connectivity index (χ1n) is 8.42. The summed E-state index contributed by atoms with van der Waals surface area (Å²) < 4.78 is 31.1. The maximum atomic E-state index is 11.3. The van der Waals surface area contributed by atoms with E-state index in [0.717, 1.165) is 36.4 Å². The summed E-state index contributed by atoms with van der Waals surface area (Å²) >= 11 is 0. The van der Waals surface area contributed by atoms with Gasteiger partial charge in [0.05, 0.1) is 6.26 Å². The Morgan fingerprint density at radius 1 is 1.16 bits per heavy atom. The van der Waals surface area contributed by atoms with Crippen molar-refractivity contribution < 1.29 is 13.2 Å². The minimum Gasteiger partial charge on any atom is -0.488 e. The van der Waals surface area contributed by atoms with E-state index in [2.05, 4.69) is 16.1 Å². The molecule has 2 aromatic rings. The predicted octanol–water partition coefficient (Wildman–Crippen LogP) is 2.39. The van der Waals surface area contributed by atoms with Crippen LogP contribution < -0.4 is 14.8 Å². The largest absolute Gasteiger partial charge is 0.488 e. The molecule has 0 amide bonds. The molecule has 0 aliphatic carbocycles. The molecule has 25 heavy (non-hydrogen) atoms. The molecule has 0 radical (unpaired) electrons. The number of ether oxygens (including phenoxy) is 1. The van der Waals surface area contributed by atoms with E-state index in [1.807, 2.05) is 49.4 Å². The van der Waals surface area contributed by atoms with Gasteiger partial charge in [0, 0.05) is 25.6 Å². The SMILES string of the molecule is CC(NS(C)(=O)=O)c1ccc(CNCC2Cc3ccccc3O2)cc1. The molecule has 3 rings (SSSR count). The molecule has 6 heteroatoms. The molecule has 2 N–H and O–H groups in total. The first-order chi connectivity index (χ1) is 11.9. The quantitative estimate of drug-likeness (QED) is 0.796. The topological polar surface area (TPSA) is 67.4 Å². The van der Waals surface area contributed by atoms with Crippen LogP contribution in [0, 0.1) is 0 Å². The normalized spacial score (nSPS) is 17.8. The van der Waals surface area contributed by atoms with Crippen molar-refractivity contribution in [3.05, 3.63) is 65.2 Å². The molecule has 1 heterocycles. The lowest BCUT2D eigenvalue weighted by Crippen LogP contribution is -2.29. The van der Waals surface area contributed by atoms with E-state index < -0.39 is 10.0 Å². The van der Waals surface area contributed by atoms with Crippen molar-refractivity contribution in [2.45, 2.75) is 32.0 Å². The second-order valence-corrected chi connectivity index (χ2v) is 8.32. The highest BCUT2D eigenvalue weighted by Crippen LogP contribution is 2.27. The maximum absolute atomic E-state index is 11.3. The van der Waals surface area contributed by atoms with Gasteiger partial charge >= 0.3 is 0 Å². The van der Waals surface area contributed by atoms with Gasteiger partial charge < -0.3 is 10.1 Å². The van der Waals surface area contributed by atoms with Crippen molar-refractivity contribution in [3.63, 3.8) is 0 Å². The first kappa shape index (κ1) is 17.9. The number of para-hydroxylation sites is 1. The van der Waals surface area contributed by atoms with Gasteiger partial charge in [-0.05, 0) is 29.7 Å². The second-order valence-electron chi connectivity index (χ2n) is 6.54. The van der Waals surface area contributed by atoms with E-state index in [-0.39, 0.29) is 12.1 Å². The van der Waals surface area contributed by atoms with E-state index in [1.54, 1.807) is 0 Å². The lowest BCUT2D eigenvalue weighted by Gasteiger charge is -2.14. The van der Waals surface area contributed by atoms with Gasteiger partial charge in [-0.2, -0.15) is 0 Å². The molecule has 0 saturated heterocycles. The zero-order valence-electron chi connectivity index (χ0n) is 14.5. The zero-order valence-corrected chi connectivity index (χ0v) is 15.3. The smallest absolute Gasteiger partial charge is 0.209 e. The van der Waals surface area contributed by atoms with E-state index in [1.165, 1.54) is 11.8 Å². The Labute approximate surface area is 149 Å². The van der Waals surface area contributed by atoms with Gasteiger partial charge in [0.25, 0.3) is 0 Å². The highest BCUT2D eigenvalue weighted by atomic mass is 32.2. The standard InChI is InChI=1S/C19H24N2O3S/c1-14(21-25(2,22)23)16-9-7-15(8-10-16)12-20-13-18-11-17-5-3-4-6-19(17)24-18/h3-10,14,18,20-21H,11-13H2,1-2H3. The molecule has 2 aromatic carbocycles. The molecule has 0 bridgehead atoms. The number of rotatable bonds is 7. The van der Waals surface area contributed by atoms with Crippen molar-refractivity contribution in [1.82, 2.24) is 10.0 Å². The van der Waals surface area contributed by atoms with Gasteiger partial charge in [-0.1, -0.05) is 42.5 Å². The number of fused-ring (bicyclic) bond motifs is 1. The fourth-order valence-electron chi connectivity index (χ4n) is 3.06. The average Bonchev–Trinajstić information content (AvgIpc) is 2.96. The number of hydrogen-bond donors (Lipinski definition) is 2. The molecule has 0 saturated carbocycles. The minimum absolute atomic E-state index is 0.177. The Morgan fingerprint density at radius 2 is 1.88 bits per heavy atom. The van der Waals surface area contributed by atoms with Crippen LogP contribution in [0.2, 0.25) is 0 Å². The number of nitrogens with one attached hydrogen (secondary N) is 2. The predicted molar refractivity (Wildman–Crippen MR) is 99.1 cm³/mol. The fraction of sp³-hybridized carbons (Fsp3) is 0.368. The summed E-state index contributed by atoms with van der Waals surface area (Å²) in [6.07, 6.45) is 2.29. The highest BCUT2D eigenvalue weighted by molar-refractivity contribution is 7.88. The van der Waals surface area contributed by atoms with Crippen molar-refractivity contribution in [3.8, 4) is 5.75 Å². The molecule has 0 spiro atoms. The third-order valence-corrected chi connectivity index (χ3v) is 5.07. The lowest BCUT2D eigenvalue weighted by atomic mass is 10.1. The van der Waals surface area contributed by atoms with Crippen molar-refractivity contribution in [1.29, 1.82) is 0 Å². The van der Waals surface area contributed by atoms with Gasteiger partial charge in [-0.25, -0.2) is 13.1 Å². The number of benzene rings is 2. The van der Waals surface area contributed by atoms with E-state index in [0.29, 0.717) is 0 Å². The zero-order chi connectivity index (χ0) is 17.9. The Balaban J connectivity index is 1.47. The van der Waals surface area contributed by atoms with Gasteiger partial charge in [0.15, 0.2) is 0 Å². The van der Waals surface area contributed by atoms with Crippen molar-refractivity contribution in [2.24, 2.45) is 0 Å². The average molecular weight is 360 g/mol. The van der Waals surface area contributed by atoms with Crippen LogP contribution in [0.15, 0.2) is 48.5 Å². The van der Waals surface area contributed by atoms with E-state index >= 15 is 0 Å². The minimum atomic E-state index is -3.20. The van der Waals surface area contributed by atoms with Crippen LogP contribution in [-0.4, -0.2) is 27.3 Å². The Kier molecular flexibility index (Phi) is 5.42. The molecular weight excluding hydrogens is 336 g/mol. The van der Waals surface area contributed by atoms with Crippen molar-refractivity contribution >= 4 is 10.0 Å². The van der Waals surface area contributed by atoms with Crippen LogP contribution in [0.3, 0.4) is 0 Å². The van der Waals surface area contributed by atoms with Crippen LogP contribution in [0.25, 0.3) is 0 Å². The number of hydrogen-bond acceptors (Lipinski definition) is 4. The first-order valence-corrected chi connectivity index (χ1v) is 10.3. The van der Waals surface area contributed by atoms with Gasteiger partial charge in [0.2, 0.25) is 10.0 Å². The van der Waals surface area contributed by atoms with Crippen molar-refractivity contribution in [2.75, 3.05) is 12.8 Å². The summed E-state index contributed by atoms with van der Waals surface area (Å²) in [5, 5.41) is 3.43. The van der Waals surface area contributed by atoms with Gasteiger partial charge in [0.1, 0.15) is 11.9 Å². The summed E-state index contributed by atoms with van der Waals surface area (Å²) in [6, 6.07) is 15.9. The lowest BCUT2D eigenvalue weighted by molar-refractivity contribution is 0.227. The fourth-order valence-corrected chi connectivity index (χ4v) is 3.84. The summed E-state index contributed by atoms with van der Waals surface area (Å²) in [6.45, 7) is 3.39. The van der Waals surface area contributed by atoms with Crippen LogP contribution >= 0.6 is 0 Å². The molecule has 2 atom stereocenters. The van der Waals surface area contributed by atoms with E-state index in [9.17, 15) is 8.42 Å². The summed E-state index contributed by atoms with van der Waals surface area (Å²) in [7, 11) is -3.20. The Hall–Kier alpha value is -1.89. The highest BCUT2D eigenvalue weighted by Gasteiger charge is 2.21. The third kappa shape index (κ3) is 5.04. The summed E-state index contributed by atoms with van der Waals surface area (Å²) in [5.41, 5.74) is 3.38. The summed E-state index contributed by atoms with van der Waals surface area (Å²) in [4.78, 5) is 0. The molecule has 2 unspecified atom stereocenters. The molecule has 5 nitrogen and oxygen atoms in total. The molecule has 0 fully saturated rings. The Bertz CT molecular complexity index is 794.